The van der Waals surface area contributed by atoms with Crippen molar-refractivity contribution in [2.24, 2.45) is 4.99 Å². The van der Waals surface area contributed by atoms with Gasteiger partial charge in [0.25, 0.3) is 5.91 Å². The minimum Gasteiger partial charge on any atom is -0.497 e. The maximum absolute atomic E-state index is 12.9. The van der Waals surface area contributed by atoms with E-state index in [1.807, 2.05) is 66.7 Å². The number of para-hydroxylation sites is 1. The van der Waals surface area contributed by atoms with E-state index in [0.717, 1.165) is 22.4 Å². The van der Waals surface area contributed by atoms with E-state index in [9.17, 15) is 4.79 Å². The highest BCUT2D eigenvalue weighted by molar-refractivity contribution is 6.19. The van der Waals surface area contributed by atoms with Crippen molar-refractivity contribution in [2.45, 2.75) is 6.17 Å². The van der Waals surface area contributed by atoms with Gasteiger partial charge in [-0.1, -0.05) is 53.6 Å². The van der Waals surface area contributed by atoms with E-state index in [-0.39, 0.29) is 11.9 Å². The Kier molecular flexibility index (Phi) is 5.09. The zero-order valence-electron chi connectivity index (χ0n) is 17.1. The largest absolute Gasteiger partial charge is 0.497 e. The molecule has 5 rings (SSSR count). The van der Waals surface area contributed by atoms with Gasteiger partial charge in [0, 0.05) is 16.7 Å². The maximum Gasteiger partial charge on any atom is 0.317 e. The van der Waals surface area contributed by atoms with Gasteiger partial charge in [-0.15, -0.1) is 5.10 Å². The minimum atomic E-state index is -0.957. The molecule has 4 aromatic rings. The van der Waals surface area contributed by atoms with Crippen LogP contribution in [0.1, 0.15) is 11.1 Å². The lowest BCUT2D eigenvalue weighted by Gasteiger charge is -2.11. The highest BCUT2D eigenvalue weighted by Crippen LogP contribution is 2.26. The van der Waals surface area contributed by atoms with Crippen molar-refractivity contribution in [1.82, 2.24) is 10.2 Å². The van der Waals surface area contributed by atoms with E-state index in [1.165, 1.54) is 0 Å². The first-order valence-electron chi connectivity index (χ1n) is 9.99. The average Bonchev–Trinajstić information content (AvgIpc) is 3.26. The number of anilines is 2. The lowest BCUT2D eigenvalue weighted by Crippen LogP contribution is -2.32. The number of nitrogens with one attached hydrogen (secondary N) is 2. The van der Waals surface area contributed by atoms with Gasteiger partial charge in [0.05, 0.1) is 18.5 Å². The normalized spacial score (nSPS) is 15.2. The smallest absolute Gasteiger partial charge is 0.317 e. The molecule has 0 saturated heterocycles. The van der Waals surface area contributed by atoms with Crippen molar-refractivity contribution in [3.8, 4) is 17.2 Å². The molecule has 2 heterocycles. The SMILES string of the molecule is COc1ccc(-c2nnc(NC3N=C(c4ccccc4)c4ccccc4NC3=O)o2)cc1. The summed E-state index contributed by atoms with van der Waals surface area (Å²) >= 11 is 0. The van der Waals surface area contributed by atoms with Crippen molar-refractivity contribution in [1.29, 1.82) is 0 Å². The van der Waals surface area contributed by atoms with Crippen LogP contribution in [-0.2, 0) is 4.79 Å². The number of amides is 1. The van der Waals surface area contributed by atoms with Gasteiger partial charge in [0.2, 0.25) is 12.1 Å². The molecule has 2 N–H and O–H groups in total. The molecule has 1 aliphatic heterocycles. The van der Waals surface area contributed by atoms with Crippen LogP contribution in [0.4, 0.5) is 11.7 Å². The Morgan fingerprint density at radius 3 is 2.44 bits per heavy atom. The summed E-state index contributed by atoms with van der Waals surface area (Å²) in [7, 11) is 1.60. The molecular formula is C24H19N5O3. The number of benzene rings is 3. The maximum atomic E-state index is 12.9. The molecule has 1 aliphatic rings. The van der Waals surface area contributed by atoms with Crippen molar-refractivity contribution < 1.29 is 13.9 Å². The second kappa shape index (κ2) is 8.35. The molecule has 1 amide bonds. The van der Waals surface area contributed by atoms with Gasteiger partial charge in [-0.25, -0.2) is 4.99 Å². The Hall–Kier alpha value is -4.46. The highest BCUT2D eigenvalue weighted by atomic mass is 16.5. The predicted octanol–water partition coefficient (Wildman–Crippen LogP) is 3.97. The van der Waals surface area contributed by atoms with Crippen LogP contribution in [0.2, 0.25) is 0 Å². The minimum absolute atomic E-state index is 0.0954. The second-order valence-corrected chi connectivity index (χ2v) is 7.07. The number of carbonyl (C=O) groups is 1. The summed E-state index contributed by atoms with van der Waals surface area (Å²) in [5, 5.41) is 14.0. The van der Waals surface area contributed by atoms with Crippen LogP contribution in [0.25, 0.3) is 11.5 Å². The third-order valence-electron chi connectivity index (χ3n) is 5.02. The standard InChI is InChI=1S/C24H19N5O3/c1-31-17-13-11-16(12-14-17)23-28-29-24(32-23)27-21-22(30)25-19-10-6-5-9-18(19)20(26-21)15-7-3-2-4-8-15/h2-14,21H,1H3,(H,25,30)(H,27,29). The molecule has 158 valence electrons. The molecule has 0 spiro atoms. The first-order valence-corrected chi connectivity index (χ1v) is 9.99. The van der Waals surface area contributed by atoms with E-state index in [0.29, 0.717) is 17.3 Å². The zero-order valence-corrected chi connectivity index (χ0v) is 17.1. The third kappa shape index (κ3) is 3.81. The van der Waals surface area contributed by atoms with Crippen LogP contribution >= 0.6 is 0 Å². The number of hydrogen-bond donors (Lipinski definition) is 2. The van der Waals surface area contributed by atoms with E-state index in [4.69, 9.17) is 14.1 Å². The van der Waals surface area contributed by atoms with Gasteiger partial charge in [0.15, 0.2) is 0 Å². The molecule has 8 nitrogen and oxygen atoms in total. The Bertz CT molecular complexity index is 1280. The first-order chi connectivity index (χ1) is 15.7. The summed E-state index contributed by atoms with van der Waals surface area (Å²) in [4.78, 5) is 17.6. The topological polar surface area (TPSA) is 102 Å². The molecule has 8 heteroatoms. The summed E-state index contributed by atoms with van der Waals surface area (Å²) in [5.41, 5.74) is 3.84. The van der Waals surface area contributed by atoms with Crippen molar-refractivity contribution in [3.63, 3.8) is 0 Å². The van der Waals surface area contributed by atoms with E-state index < -0.39 is 6.17 Å². The predicted molar refractivity (Wildman–Crippen MR) is 121 cm³/mol. The molecule has 0 saturated carbocycles. The molecule has 32 heavy (non-hydrogen) atoms. The monoisotopic (exact) mass is 425 g/mol. The number of benzodiazepines with no additional fused rings is 1. The molecule has 1 unspecified atom stereocenters. The summed E-state index contributed by atoms with van der Waals surface area (Å²) in [5.74, 6) is 0.719. The van der Waals surface area contributed by atoms with Gasteiger partial charge < -0.3 is 19.8 Å². The Morgan fingerprint density at radius 1 is 0.906 bits per heavy atom. The fourth-order valence-corrected chi connectivity index (χ4v) is 3.43. The summed E-state index contributed by atoms with van der Waals surface area (Å²) in [6.45, 7) is 0. The van der Waals surface area contributed by atoms with Crippen LogP contribution in [0.15, 0.2) is 88.3 Å². The quantitative estimate of drug-likeness (QED) is 0.502. The molecule has 0 fully saturated rings. The number of ether oxygens (including phenoxy) is 1. The van der Waals surface area contributed by atoms with Crippen LogP contribution in [0.5, 0.6) is 5.75 Å². The van der Waals surface area contributed by atoms with E-state index in [1.54, 1.807) is 19.2 Å². The Labute approximate surface area is 184 Å². The summed E-state index contributed by atoms with van der Waals surface area (Å²) in [6, 6.07) is 24.6. The van der Waals surface area contributed by atoms with Crippen LogP contribution in [0, 0.1) is 0 Å². The number of methoxy groups -OCH3 is 1. The number of rotatable bonds is 5. The lowest BCUT2D eigenvalue weighted by atomic mass is 10.0. The molecule has 1 atom stereocenters. The van der Waals surface area contributed by atoms with Gasteiger partial charge in [0.1, 0.15) is 5.75 Å². The molecule has 0 radical (unpaired) electrons. The third-order valence-corrected chi connectivity index (χ3v) is 5.02. The molecule has 0 bridgehead atoms. The van der Waals surface area contributed by atoms with Gasteiger partial charge in [-0.05, 0) is 30.3 Å². The number of hydrogen-bond acceptors (Lipinski definition) is 7. The molecule has 3 aromatic carbocycles. The Balaban J connectivity index is 1.47. The second-order valence-electron chi connectivity index (χ2n) is 7.07. The van der Waals surface area contributed by atoms with E-state index in [2.05, 4.69) is 20.8 Å². The molecular weight excluding hydrogens is 406 g/mol. The van der Waals surface area contributed by atoms with Crippen molar-refractivity contribution in [2.75, 3.05) is 17.7 Å². The van der Waals surface area contributed by atoms with Crippen molar-refractivity contribution >= 4 is 23.3 Å². The van der Waals surface area contributed by atoms with Gasteiger partial charge in [-0.2, -0.15) is 0 Å². The number of carbonyl (C=O) groups excluding carboxylic acids is 1. The fourth-order valence-electron chi connectivity index (χ4n) is 3.43. The molecule has 0 aliphatic carbocycles. The first kappa shape index (κ1) is 19.5. The molecule has 1 aromatic heterocycles. The van der Waals surface area contributed by atoms with Crippen LogP contribution < -0.4 is 15.4 Å². The van der Waals surface area contributed by atoms with Gasteiger partial charge >= 0.3 is 6.01 Å². The number of aliphatic imine (C=N–C) groups is 1. The lowest BCUT2D eigenvalue weighted by molar-refractivity contribution is -0.116. The van der Waals surface area contributed by atoms with Crippen molar-refractivity contribution in [3.05, 3.63) is 90.0 Å². The van der Waals surface area contributed by atoms with Crippen LogP contribution in [0.3, 0.4) is 0 Å². The highest BCUT2D eigenvalue weighted by Gasteiger charge is 2.27. The average molecular weight is 425 g/mol. The zero-order chi connectivity index (χ0) is 21.9. The van der Waals surface area contributed by atoms with Crippen LogP contribution in [-0.4, -0.2) is 35.1 Å². The number of aromatic nitrogens is 2. The Morgan fingerprint density at radius 2 is 1.66 bits per heavy atom. The number of fused-ring (bicyclic) bond motifs is 1. The summed E-state index contributed by atoms with van der Waals surface area (Å²) in [6.07, 6.45) is -0.957. The number of nitrogens with zero attached hydrogens (tertiary/aromatic N) is 3. The van der Waals surface area contributed by atoms with E-state index >= 15 is 0 Å². The fraction of sp³-hybridized carbons (Fsp3) is 0.0833. The summed E-state index contributed by atoms with van der Waals surface area (Å²) < 4.78 is 10.9. The van der Waals surface area contributed by atoms with Gasteiger partial charge in [-0.3, -0.25) is 4.79 Å².